The summed E-state index contributed by atoms with van der Waals surface area (Å²) in [4.78, 5) is 17.0. The van der Waals surface area contributed by atoms with Crippen LogP contribution >= 0.6 is 0 Å². The predicted octanol–water partition coefficient (Wildman–Crippen LogP) is 1.66. The van der Waals surface area contributed by atoms with Gasteiger partial charge in [-0.1, -0.05) is 12.1 Å². The van der Waals surface area contributed by atoms with Gasteiger partial charge in [-0.15, -0.1) is 0 Å². The summed E-state index contributed by atoms with van der Waals surface area (Å²) >= 11 is 0. The minimum atomic E-state index is -3.69. The van der Waals surface area contributed by atoms with Gasteiger partial charge in [0.25, 0.3) is 0 Å². The lowest BCUT2D eigenvalue weighted by molar-refractivity contribution is -0.119. The summed E-state index contributed by atoms with van der Waals surface area (Å²) < 4.78 is 38.2. The first kappa shape index (κ1) is 22.0. The number of likely N-dealkylation sites (N-methyl/N-ethyl adjacent to an activating group) is 1. The van der Waals surface area contributed by atoms with Gasteiger partial charge in [0, 0.05) is 38.4 Å². The van der Waals surface area contributed by atoms with Crippen LogP contribution in [0, 0.1) is 5.82 Å². The molecule has 2 aromatic rings. The molecule has 1 heterocycles. The van der Waals surface area contributed by atoms with Crippen LogP contribution in [-0.4, -0.2) is 65.3 Å². The number of hydrogen-bond donors (Lipinski definition) is 1. The molecule has 1 amide bonds. The minimum Gasteiger partial charge on any atom is -0.369 e. The summed E-state index contributed by atoms with van der Waals surface area (Å²) in [7, 11) is -1.57. The van der Waals surface area contributed by atoms with E-state index in [1.54, 1.807) is 0 Å². The molecule has 9 heteroatoms. The fourth-order valence-electron chi connectivity index (χ4n) is 3.28. The Kier molecular flexibility index (Phi) is 6.94. The molecule has 0 aromatic heterocycles. The lowest BCUT2D eigenvalue weighted by Crippen LogP contribution is -2.44. The van der Waals surface area contributed by atoms with E-state index in [-0.39, 0.29) is 12.2 Å². The Balaban J connectivity index is 1.57. The zero-order valence-corrected chi connectivity index (χ0v) is 18.0. The van der Waals surface area contributed by atoms with Crippen LogP contribution in [0.15, 0.2) is 48.5 Å². The molecule has 0 aliphatic carbocycles. The molecule has 1 saturated heterocycles. The number of nitrogens with zero attached hydrogens (tertiary/aromatic N) is 3. The number of nitrogens with one attached hydrogen (secondary N) is 1. The maximum absolute atomic E-state index is 13.1. The molecular formula is C21H27FN4O3S. The summed E-state index contributed by atoms with van der Waals surface area (Å²) in [5.74, 6) is -0.912. The maximum atomic E-state index is 13.1. The third kappa shape index (κ3) is 5.93. The van der Waals surface area contributed by atoms with Gasteiger partial charge in [0.2, 0.25) is 15.9 Å². The Morgan fingerprint density at radius 1 is 1.03 bits per heavy atom. The highest BCUT2D eigenvalue weighted by Gasteiger charge is 2.21. The summed E-state index contributed by atoms with van der Waals surface area (Å²) in [5.41, 5.74) is 2.32. The summed E-state index contributed by atoms with van der Waals surface area (Å²) in [6.45, 7) is 3.95. The topological polar surface area (TPSA) is 73.0 Å². The van der Waals surface area contributed by atoms with E-state index in [9.17, 15) is 17.6 Å². The van der Waals surface area contributed by atoms with Gasteiger partial charge in [0.15, 0.2) is 0 Å². The monoisotopic (exact) mass is 434 g/mol. The van der Waals surface area contributed by atoms with Crippen molar-refractivity contribution in [3.8, 4) is 0 Å². The SMILES string of the molecule is CN1CCN(c2ccc(CNC(=O)CN(c3ccc(F)cc3)S(C)(=O)=O)cc2)CC1. The fraction of sp³-hybridized carbons (Fsp3) is 0.381. The number of piperazine rings is 1. The Hall–Kier alpha value is -2.65. The van der Waals surface area contributed by atoms with Gasteiger partial charge < -0.3 is 15.1 Å². The van der Waals surface area contributed by atoms with Gasteiger partial charge in [-0.25, -0.2) is 12.8 Å². The van der Waals surface area contributed by atoms with Crippen molar-refractivity contribution in [1.82, 2.24) is 10.2 Å². The molecule has 1 aliphatic rings. The van der Waals surface area contributed by atoms with Crippen LogP contribution in [0.4, 0.5) is 15.8 Å². The lowest BCUT2D eigenvalue weighted by Gasteiger charge is -2.34. The van der Waals surface area contributed by atoms with Gasteiger partial charge >= 0.3 is 0 Å². The highest BCUT2D eigenvalue weighted by atomic mass is 32.2. The molecule has 30 heavy (non-hydrogen) atoms. The molecule has 7 nitrogen and oxygen atoms in total. The molecule has 0 unspecified atom stereocenters. The van der Waals surface area contributed by atoms with Crippen molar-refractivity contribution in [2.75, 3.05) is 55.2 Å². The lowest BCUT2D eigenvalue weighted by atomic mass is 10.1. The van der Waals surface area contributed by atoms with Crippen molar-refractivity contribution in [2.45, 2.75) is 6.54 Å². The average Bonchev–Trinajstić information content (AvgIpc) is 2.71. The molecule has 1 fully saturated rings. The number of carbonyl (C=O) groups excluding carboxylic acids is 1. The fourth-order valence-corrected chi connectivity index (χ4v) is 4.14. The number of rotatable bonds is 7. The standard InChI is InChI=1S/C21H27FN4O3S/c1-24-11-13-25(14-12-24)19-7-3-17(4-8-19)15-23-21(27)16-26(30(2,28)29)20-9-5-18(22)6-10-20/h3-10H,11-16H2,1-2H3,(H,23,27). The van der Waals surface area contributed by atoms with Crippen molar-refractivity contribution < 1.29 is 17.6 Å². The number of anilines is 2. The van der Waals surface area contributed by atoms with Crippen LogP contribution in [0.5, 0.6) is 0 Å². The van der Waals surface area contributed by atoms with Crippen LogP contribution in [0.3, 0.4) is 0 Å². The summed E-state index contributed by atoms with van der Waals surface area (Å²) in [6.07, 6.45) is 1.01. The van der Waals surface area contributed by atoms with Gasteiger partial charge in [0.05, 0.1) is 11.9 Å². The number of amides is 1. The van der Waals surface area contributed by atoms with Crippen molar-refractivity contribution in [3.63, 3.8) is 0 Å². The van der Waals surface area contributed by atoms with Crippen LogP contribution in [-0.2, 0) is 21.4 Å². The third-order valence-corrected chi connectivity index (χ3v) is 6.24. The van der Waals surface area contributed by atoms with Gasteiger partial charge in [0.1, 0.15) is 12.4 Å². The zero-order valence-electron chi connectivity index (χ0n) is 17.2. The number of carbonyl (C=O) groups is 1. The normalized spacial score (nSPS) is 15.1. The first-order valence-corrected chi connectivity index (χ1v) is 11.6. The Bertz CT molecular complexity index is 957. The number of halogens is 1. The zero-order chi connectivity index (χ0) is 21.7. The number of hydrogen-bond acceptors (Lipinski definition) is 5. The molecule has 162 valence electrons. The molecule has 0 spiro atoms. The van der Waals surface area contributed by atoms with E-state index in [1.165, 1.54) is 12.1 Å². The first-order valence-electron chi connectivity index (χ1n) is 9.75. The van der Waals surface area contributed by atoms with Gasteiger partial charge in [-0.05, 0) is 49.0 Å². The predicted molar refractivity (Wildman–Crippen MR) is 117 cm³/mol. The molecule has 0 atom stereocenters. The van der Waals surface area contributed by atoms with Crippen LogP contribution in [0.25, 0.3) is 0 Å². The molecular weight excluding hydrogens is 407 g/mol. The second kappa shape index (κ2) is 9.44. The van der Waals surface area contributed by atoms with Gasteiger partial charge in [-0.3, -0.25) is 9.10 Å². The number of sulfonamides is 1. The smallest absolute Gasteiger partial charge is 0.241 e. The van der Waals surface area contributed by atoms with Crippen molar-refractivity contribution in [3.05, 3.63) is 59.9 Å². The average molecular weight is 435 g/mol. The molecule has 0 radical (unpaired) electrons. The van der Waals surface area contributed by atoms with E-state index < -0.39 is 21.7 Å². The molecule has 0 saturated carbocycles. The minimum absolute atomic E-state index is 0.241. The first-order chi connectivity index (χ1) is 14.2. The molecule has 1 N–H and O–H groups in total. The Morgan fingerprint density at radius 3 is 2.20 bits per heavy atom. The van der Waals surface area contributed by atoms with E-state index >= 15 is 0 Å². The Labute approximate surface area is 177 Å². The van der Waals surface area contributed by atoms with E-state index in [1.807, 2.05) is 24.3 Å². The summed E-state index contributed by atoms with van der Waals surface area (Å²) in [6, 6.07) is 13.0. The van der Waals surface area contributed by atoms with E-state index in [2.05, 4.69) is 22.2 Å². The van der Waals surface area contributed by atoms with Crippen LogP contribution < -0.4 is 14.5 Å². The third-order valence-electron chi connectivity index (χ3n) is 5.10. The highest BCUT2D eigenvalue weighted by Crippen LogP contribution is 2.18. The van der Waals surface area contributed by atoms with E-state index in [0.29, 0.717) is 6.54 Å². The van der Waals surface area contributed by atoms with E-state index in [4.69, 9.17) is 0 Å². The van der Waals surface area contributed by atoms with Gasteiger partial charge in [-0.2, -0.15) is 0 Å². The molecule has 2 aromatic carbocycles. The summed E-state index contributed by atoms with van der Waals surface area (Å²) in [5, 5.41) is 2.75. The Morgan fingerprint density at radius 2 is 1.63 bits per heavy atom. The number of benzene rings is 2. The molecule has 3 rings (SSSR count). The second-order valence-electron chi connectivity index (χ2n) is 7.48. The molecule has 0 bridgehead atoms. The van der Waals surface area contributed by atoms with Crippen molar-refractivity contribution in [2.24, 2.45) is 0 Å². The largest absolute Gasteiger partial charge is 0.369 e. The van der Waals surface area contributed by atoms with Crippen molar-refractivity contribution >= 4 is 27.3 Å². The van der Waals surface area contributed by atoms with E-state index in [0.717, 1.165) is 60.1 Å². The quantitative estimate of drug-likeness (QED) is 0.718. The maximum Gasteiger partial charge on any atom is 0.241 e. The van der Waals surface area contributed by atoms with Crippen LogP contribution in [0.1, 0.15) is 5.56 Å². The highest BCUT2D eigenvalue weighted by molar-refractivity contribution is 7.92. The van der Waals surface area contributed by atoms with Crippen LogP contribution in [0.2, 0.25) is 0 Å². The van der Waals surface area contributed by atoms with Crippen molar-refractivity contribution in [1.29, 1.82) is 0 Å². The second-order valence-corrected chi connectivity index (χ2v) is 9.39. The molecule has 1 aliphatic heterocycles.